The van der Waals surface area contributed by atoms with E-state index in [1.165, 1.54) is 4.88 Å². The van der Waals surface area contributed by atoms with Crippen molar-refractivity contribution in [2.75, 3.05) is 25.9 Å². The topological polar surface area (TPSA) is 70.6 Å². The summed E-state index contributed by atoms with van der Waals surface area (Å²) < 4.78 is 24.4. The average Bonchev–Trinajstić information content (AvgIpc) is 3.16. The van der Waals surface area contributed by atoms with Gasteiger partial charge in [-0.15, -0.1) is 35.3 Å². The van der Waals surface area contributed by atoms with Gasteiger partial charge in [-0.3, -0.25) is 4.99 Å². The molecule has 0 amide bonds. The lowest BCUT2D eigenvalue weighted by Crippen LogP contribution is -2.39. The van der Waals surface area contributed by atoms with Crippen molar-refractivity contribution in [2.24, 2.45) is 4.99 Å². The quantitative estimate of drug-likeness (QED) is 0.249. The van der Waals surface area contributed by atoms with Crippen LogP contribution in [0.4, 0.5) is 0 Å². The summed E-state index contributed by atoms with van der Waals surface area (Å²) in [5.41, 5.74) is 0. The van der Waals surface area contributed by atoms with Gasteiger partial charge in [-0.1, -0.05) is 31.2 Å². The van der Waals surface area contributed by atoms with Crippen molar-refractivity contribution >= 4 is 51.1 Å². The second kappa shape index (κ2) is 11.6. The van der Waals surface area contributed by atoms with E-state index in [9.17, 15) is 8.42 Å². The van der Waals surface area contributed by atoms with Gasteiger partial charge in [0.1, 0.15) is 0 Å². The number of nitrogens with one attached hydrogen (secondary N) is 2. The van der Waals surface area contributed by atoms with Crippen LogP contribution >= 0.6 is 35.3 Å². The van der Waals surface area contributed by atoms with Crippen molar-refractivity contribution in [1.82, 2.24) is 10.6 Å². The molecule has 2 N–H and O–H groups in total. The minimum Gasteiger partial charge on any atom is -0.356 e. The molecule has 0 bridgehead atoms. The Morgan fingerprint density at radius 3 is 2.50 bits per heavy atom. The number of sulfone groups is 1. The highest BCUT2D eigenvalue weighted by Crippen LogP contribution is 2.19. The van der Waals surface area contributed by atoms with Gasteiger partial charge in [0, 0.05) is 30.9 Å². The van der Waals surface area contributed by atoms with Crippen molar-refractivity contribution in [3.63, 3.8) is 0 Å². The molecule has 0 aliphatic carbocycles. The van der Waals surface area contributed by atoms with E-state index < -0.39 is 9.84 Å². The lowest BCUT2D eigenvalue weighted by atomic mass is 10.1. The van der Waals surface area contributed by atoms with Gasteiger partial charge in [0.05, 0.1) is 10.6 Å². The van der Waals surface area contributed by atoms with Crippen LogP contribution in [0.25, 0.3) is 0 Å². The fraction of sp³-hybridized carbons (Fsp3) is 0.389. The van der Waals surface area contributed by atoms with E-state index in [1.807, 2.05) is 6.07 Å². The van der Waals surface area contributed by atoms with Gasteiger partial charge in [-0.25, -0.2) is 8.42 Å². The third-order valence-electron chi connectivity index (χ3n) is 3.81. The monoisotopic (exact) mass is 507 g/mol. The van der Waals surface area contributed by atoms with Crippen molar-refractivity contribution in [3.8, 4) is 0 Å². The summed E-state index contributed by atoms with van der Waals surface area (Å²) in [5, 5.41) is 8.53. The van der Waals surface area contributed by atoms with Crippen LogP contribution < -0.4 is 10.6 Å². The van der Waals surface area contributed by atoms with Gasteiger partial charge >= 0.3 is 0 Å². The normalized spacial score (nSPS) is 12.9. The zero-order chi connectivity index (χ0) is 18.1. The third kappa shape index (κ3) is 7.24. The molecule has 0 radical (unpaired) electrons. The summed E-state index contributed by atoms with van der Waals surface area (Å²) in [5.74, 6) is 1.21. The van der Waals surface area contributed by atoms with Crippen LogP contribution in [0.15, 0.2) is 57.7 Å². The molecule has 1 unspecified atom stereocenters. The summed E-state index contributed by atoms with van der Waals surface area (Å²) in [6.07, 6.45) is 0.526. The molecule has 2 aromatic rings. The third-order valence-corrected chi connectivity index (χ3v) is 6.73. The fourth-order valence-electron chi connectivity index (χ4n) is 2.36. The van der Waals surface area contributed by atoms with Gasteiger partial charge in [0.25, 0.3) is 0 Å². The molecule has 0 saturated heterocycles. The van der Waals surface area contributed by atoms with Crippen LogP contribution in [0.5, 0.6) is 0 Å². The lowest BCUT2D eigenvalue weighted by Gasteiger charge is -2.15. The van der Waals surface area contributed by atoms with E-state index in [4.69, 9.17) is 0 Å². The molecule has 1 aromatic carbocycles. The maximum Gasteiger partial charge on any atom is 0.190 e. The number of benzene rings is 1. The first-order valence-electron chi connectivity index (χ1n) is 8.28. The molecule has 1 heterocycles. The van der Waals surface area contributed by atoms with E-state index >= 15 is 0 Å². The molecule has 0 aliphatic heterocycles. The average molecular weight is 507 g/mol. The number of guanidine groups is 1. The SMILES string of the molecule is CN=C(NCCCS(=O)(=O)c1ccccc1)NCC(C)c1cccs1.I. The minimum atomic E-state index is -3.22. The van der Waals surface area contributed by atoms with E-state index in [0.29, 0.717) is 29.7 Å². The van der Waals surface area contributed by atoms with E-state index in [0.717, 1.165) is 6.54 Å². The smallest absolute Gasteiger partial charge is 0.190 e. The van der Waals surface area contributed by atoms with Crippen molar-refractivity contribution in [1.29, 1.82) is 0 Å². The van der Waals surface area contributed by atoms with Gasteiger partial charge in [0.15, 0.2) is 15.8 Å². The van der Waals surface area contributed by atoms with Gasteiger partial charge in [0.2, 0.25) is 0 Å². The molecule has 26 heavy (non-hydrogen) atoms. The number of rotatable bonds is 8. The number of hydrogen-bond acceptors (Lipinski definition) is 4. The Kier molecular flexibility index (Phi) is 10.2. The largest absolute Gasteiger partial charge is 0.356 e. The predicted molar refractivity (Wildman–Crippen MR) is 121 cm³/mol. The van der Waals surface area contributed by atoms with Gasteiger partial charge < -0.3 is 10.6 Å². The summed E-state index contributed by atoms with van der Waals surface area (Å²) in [6, 6.07) is 12.7. The first kappa shape index (κ1) is 22.9. The Morgan fingerprint density at radius 1 is 1.15 bits per heavy atom. The molecule has 0 fully saturated rings. The van der Waals surface area contributed by atoms with Crippen LogP contribution in [0.2, 0.25) is 0 Å². The molecular weight excluding hydrogens is 481 g/mol. The van der Waals surface area contributed by atoms with E-state index in [-0.39, 0.29) is 29.7 Å². The van der Waals surface area contributed by atoms with E-state index in [2.05, 4.69) is 40.1 Å². The highest BCUT2D eigenvalue weighted by Gasteiger charge is 2.13. The van der Waals surface area contributed by atoms with Crippen molar-refractivity contribution < 1.29 is 8.42 Å². The van der Waals surface area contributed by atoms with Crippen LogP contribution in [-0.2, 0) is 9.84 Å². The first-order valence-corrected chi connectivity index (χ1v) is 10.8. The molecule has 8 heteroatoms. The Morgan fingerprint density at radius 2 is 1.88 bits per heavy atom. The Balaban J connectivity index is 0.00000338. The van der Waals surface area contributed by atoms with Gasteiger partial charge in [-0.05, 0) is 30.0 Å². The molecule has 2 rings (SSSR count). The van der Waals surface area contributed by atoms with E-state index in [1.54, 1.807) is 42.6 Å². The number of aliphatic imine (C=N–C) groups is 1. The maximum absolute atomic E-state index is 12.2. The standard InChI is InChI=1S/C18H25N3O2S2.HI/c1-15(17-10-6-12-24-17)14-21-18(19-2)20-11-7-13-25(22,23)16-8-4-3-5-9-16;/h3-6,8-10,12,15H,7,11,13-14H2,1-2H3,(H2,19,20,21);1H. The summed E-state index contributed by atoms with van der Waals surface area (Å²) in [6.45, 7) is 3.50. The molecule has 0 spiro atoms. The molecule has 144 valence electrons. The van der Waals surface area contributed by atoms with Crippen LogP contribution in [0.3, 0.4) is 0 Å². The maximum atomic E-state index is 12.2. The Hall–Kier alpha value is -1.13. The van der Waals surface area contributed by atoms with Crippen LogP contribution in [-0.4, -0.2) is 40.3 Å². The molecule has 1 atom stereocenters. The van der Waals surface area contributed by atoms with Crippen LogP contribution in [0.1, 0.15) is 24.1 Å². The molecule has 0 aliphatic rings. The Labute approximate surface area is 177 Å². The zero-order valence-electron chi connectivity index (χ0n) is 15.0. The summed E-state index contributed by atoms with van der Waals surface area (Å²) in [7, 11) is -1.51. The predicted octanol–water partition coefficient (Wildman–Crippen LogP) is 3.50. The highest BCUT2D eigenvalue weighted by atomic mass is 127. The Bertz CT molecular complexity index is 763. The lowest BCUT2D eigenvalue weighted by molar-refractivity contribution is 0.592. The number of hydrogen-bond donors (Lipinski definition) is 2. The zero-order valence-corrected chi connectivity index (χ0v) is 19.0. The summed E-state index contributed by atoms with van der Waals surface area (Å²) >= 11 is 1.75. The molecular formula is C18H26IN3O2S2. The number of nitrogens with zero attached hydrogens (tertiary/aromatic N) is 1. The molecule has 5 nitrogen and oxygen atoms in total. The van der Waals surface area contributed by atoms with Crippen molar-refractivity contribution in [2.45, 2.75) is 24.2 Å². The number of halogens is 1. The fourth-order valence-corrected chi connectivity index (χ4v) is 4.48. The van der Waals surface area contributed by atoms with Crippen molar-refractivity contribution in [3.05, 3.63) is 52.7 Å². The minimum absolute atomic E-state index is 0. The van der Waals surface area contributed by atoms with Crippen LogP contribution in [0, 0.1) is 0 Å². The number of thiophene rings is 1. The first-order chi connectivity index (χ1) is 12.0. The second-order valence-corrected chi connectivity index (χ2v) is 8.87. The molecule has 0 saturated carbocycles. The highest BCUT2D eigenvalue weighted by molar-refractivity contribution is 14.0. The second-order valence-electron chi connectivity index (χ2n) is 5.78. The summed E-state index contributed by atoms with van der Waals surface area (Å²) in [4.78, 5) is 5.89. The van der Waals surface area contributed by atoms with Gasteiger partial charge in [-0.2, -0.15) is 0 Å². The molecule has 1 aromatic heterocycles.